The second kappa shape index (κ2) is 8.53. The third kappa shape index (κ3) is 4.51. The molecule has 1 aliphatic heterocycles. The van der Waals surface area contributed by atoms with Crippen molar-refractivity contribution >= 4 is 27.4 Å². The molecule has 2 N–H and O–H groups in total. The highest BCUT2D eigenvalue weighted by atomic mass is 32.2. The molecule has 0 atom stereocenters. The van der Waals surface area contributed by atoms with E-state index in [4.69, 9.17) is 0 Å². The van der Waals surface area contributed by atoms with Gasteiger partial charge in [-0.1, -0.05) is 13.0 Å². The normalized spacial score (nSPS) is 14.3. The molecule has 1 aliphatic rings. The molecule has 29 heavy (non-hydrogen) atoms. The Kier molecular flexibility index (Phi) is 6.09. The zero-order valence-corrected chi connectivity index (χ0v) is 17.0. The SMILES string of the molecule is CCc1ccc(C(=O)O)cc1S(=O)(=O)Nc1cc(C#N)ccc1N1CCCCC1. The first-order valence-electron chi connectivity index (χ1n) is 9.54. The lowest BCUT2D eigenvalue weighted by Crippen LogP contribution is -2.30. The third-order valence-corrected chi connectivity index (χ3v) is 6.50. The van der Waals surface area contributed by atoms with Gasteiger partial charge in [-0.05, 0) is 61.6 Å². The van der Waals surface area contributed by atoms with Gasteiger partial charge in [0.15, 0.2) is 0 Å². The first-order valence-corrected chi connectivity index (χ1v) is 11.0. The van der Waals surface area contributed by atoms with Gasteiger partial charge in [0.2, 0.25) is 0 Å². The molecule has 1 fully saturated rings. The molecule has 2 aromatic rings. The number of nitriles is 1. The Balaban J connectivity index is 2.05. The van der Waals surface area contributed by atoms with Crippen LogP contribution in [0.3, 0.4) is 0 Å². The van der Waals surface area contributed by atoms with E-state index in [-0.39, 0.29) is 10.5 Å². The summed E-state index contributed by atoms with van der Waals surface area (Å²) in [7, 11) is -4.05. The molecule has 0 radical (unpaired) electrons. The summed E-state index contributed by atoms with van der Waals surface area (Å²) in [5, 5.41) is 18.5. The zero-order valence-electron chi connectivity index (χ0n) is 16.2. The first-order chi connectivity index (χ1) is 13.9. The molecule has 0 bridgehead atoms. The molecule has 152 valence electrons. The Morgan fingerprint density at radius 3 is 2.52 bits per heavy atom. The summed E-state index contributed by atoms with van der Waals surface area (Å²) in [6, 6.07) is 11.1. The number of carbonyl (C=O) groups is 1. The van der Waals surface area contributed by atoms with Gasteiger partial charge < -0.3 is 10.0 Å². The number of hydrogen-bond donors (Lipinski definition) is 2. The van der Waals surface area contributed by atoms with Crippen molar-refractivity contribution in [2.24, 2.45) is 0 Å². The molecule has 0 saturated carbocycles. The lowest BCUT2D eigenvalue weighted by molar-refractivity contribution is 0.0696. The third-order valence-electron chi connectivity index (χ3n) is 5.05. The number of nitrogens with one attached hydrogen (secondary N) is 1. The minimum absolute atomic E-state index is 0.0631. The van der Waals surface area contributed by atoms with Crippen LogP contribution in [-0.4, -0.2) is 32.6 Å². The van der Waals surface area contributed by atoms with Gasteiger partial charge >= 0.3 is 5.97 Å². The van der Waals surface area contributed by atoms with Gasteiger partial charge in [0.25, 0.3) is 10.0 Å². The maximum absolute atomic E-state index is 13.2. The summed E-state index contributed by atoms with van der Waals surface area (Å²) in [5.74, 6) is -1.19. The summed E-state index contributed by atoms with van der Waals surface area (Å²) in [6.07, 6.45) is 3.61. The van der Waals surface area contributed by atoms with Crippen molar-refractivity contribution in [3.63, 3.8) is 0 Å². The van der Waals surface area contributed by atoms with Crippen LogP contribution in [0, 0.1) is 11.3 Å². The lowest BCUT2D eigenvalue weighted by Gasteiger charge is -2.30. The van der Waals surface area contributed by atoms with Crippen molar-refractivity contribution in [2.75, 3.05) is 22.7 Å². The average molecular weight is 413 g/mol. The number of piperidine rings is 1. The van der Waals surface area contributed by atoms with Crippen molar-refractivity contribution < 1.29 is 18.3 Å². The Morgan fingerprint density at radius 2 is 1.90 bits per heavy atom. The van der Waals surface area contributed by atoms with Crippen LogP contribution in [-0.2, 0) is 16.4 Å². The van der Waals surface area contributed by atoms with Crippen molar-refractivity contribution in [1.82, 2.24) is 0 Å². The number of sulfonamides is 1. The monoisotopic (exact) mass is 413 g/mol. The fourth-order valence-corrected chi connectivity index (χ4v) is 4.93. The summed E-state index contributed by atoms with van der Waals surface area (Å²) in [6.45, 7) is 3.44. The van der Waals surface area contributed by atoms with E-state index in [1.165, 1.54) is 24.3 Å². The topological polar surface area (TPSA) is 110 Å². The number of aromatic carboxylic acids is 1. The Hall–Kier alpha value is -3.05. The molecule has 0 unspecified atom stereocenters. The molecule has 2 aromatic carbocycles. The number of hydrogen-bond acceptors (Lipinski definition) is 5. The molecular weight excluding hydrogens is 390 g/mol. The number of aryl methyl sites for hydroxylation is 1. The molecule has 7 nitrogen and oxygen atoms in total. The standard InChI is InChI=1S/C21H23N3O4S/c1-2-16-7-8-17(21(25)26)13-20(16)29(27,28)23-18-12-15(14-22)6-9-19(18)24-10-4-3-5-11-24/h6-9,12-13,23H,2-5,10-11H2,1H3,(H,25,26). The van der Waals surface area contributed by atoms with Gasteiger partial charge in [-0.2, -0.15) is 5.26 Å². The Bertz CT molecular complexity index is 1070. The van der Waals surface area contributed by atoms with E-state index in [9.17, 15) is 23.6 Å². The Morgan fingerprint density at radius 1 is 1.17 bits per heavy atom. The van der Waals surface area contributed by atoms with E-state index < -0.39 is 16.0 Å². The van der Waals surface area contributed by atoms with Crippen LogP contribution < -0.4 is 9.62 Å². The van der Waals surface area contributed by atoms with Gasteiger partial charge in [-0.25, -0.2) is 13.2 Å². The van der Waals surface area contributed by atoms with Gasteiger partial charge in [-0.3, -0.25) is 4.72 Å². The van der Waals surface area contributed by atoms with Gasteiger partial charge in [0.1, 0.15) is 0 Å². The van der Waals surface area contributed by atoms with E-state index in [0.29, 0.717) is 23.2 Å². The van der Waals surface area contributed by atoms with E-state index in [1.54, 1.807) is 12.1 Å². The highest BCUT2D eigenvalue weighted by Gasteiger charge is 2.23. The highest BCUT2D eigenvalue weighted by molar-refractivity contribution is 7.92. The molecule has 0 aromatic heterocycles. The smallest absolute Gasteiger partial charge is 0.335 e. The zero-order chi connectivity index (χ0) is 21.0. The van der Waals surface area contributed by atoms with Gasteiger partial charge in [0, 0.05) is 13.1 Å². The molecule has 1 heterocycles. The molecule has 0 amide bonds. The van der Waals surface area contributed by atoms with Gasteiger partial charge in [-0.15, -0.1) is 0 Å². The van der Waals surface area contributed by atoms with Crippen LogP contribution >= 0.6 is 0 Å². The van der Waals surface area contributed by atoms with E-state index >= 15 is 0 Å². The number of anilines is 2. The minimum Gasteiger partial charge on any atom is -0.478 e. The lowest BCUT2D eigenvalue weighted by atomic mass is 10.1. The van der Waals surface area contributed by atoms with Crippen LogP contribution in [0.4, 0.5) is 11.4 Å². The largest absolute Gasteiger partial charge is 0.478 e. The second-order valence-electron chi connectivity index (χ2n) is 6.98. The van der Waals surface area contributed by atoms with Crippen molar-refractivity contribution in [3.05, 3.63) is 53.1 Å². The van der Waals surface area contributed by atoms with Crippen LogP contribution in [0.2, 0.25) is 0 Å². The molecule has 3 rings (SSSR count). The first kappa shape index (κ1) is 20.7. The number of nitrogens with zero attached hydrogens (tertiary/aromatic N) is 2. The molecule has 0 spiro atoms. The summed E-state index contributed by atoms with van der Waals surface area (Å²) < 4.78 is 29.0. The number of carboxylic acids is 1. The van der Waals surface area contributed by atoms with E-state index in [1.807, 2.05) is 13.0 Å². The number of benzene rings is 2. The van der Waals surface area contributed by atoms with Crippen LogP contribution in [0.15, 0.2) is 41.3 Å². The summed E-state index contributed by atoms with van der Waals surface area (Å²) in [4.78, 5) is 13.4. The molecule has 1 saturated heterocycles. The van der Waals surface area contributed by atoms with Gasteiger partial charge in [0.05, 0.1) is 33.5 Å². The Labute approximate surface area is 170 Å². The van der Waals surface area contributed by atoms with Crippen LogP contribution in [0.1, 0.15) is 47.7 Å². The summed E-state index contributed by atoms with van der Waals surface area (Å²) in [5.41, 5.74) is 1.83. The van der Waals surface area contributed by atoms with Crippen molar-refractivity contribution in [2.45, 2.75) is 37.5 Å². The number of carboxylic acid groups (broad SMARTS) is 1. The van der Waals surface area contributed by atoms with Crippen molar-refractivity contribution in [1.29, 1.82) is 5.26 Å². The quantitative estimate of drug-likeness (QED) is 0.748. The molecule has 8 heteroatoms. The molecule has 0 aliphatic carbocycles. The second-order valence-corrected chi connectivity index (χ2v) is 8.63. The van der Waals surface area contributed by atoms with Crippen molar-refractivity contribution in [3.8, 4) is 6.07 Å². The minimum atomic E-state index is -4.05. The van der Waals surface area contributed by atoms with E-state index in [2.05, 4.69) is 9.62 Å². The van der Waals surface area contributed by atoms with Crippen LogP contribution in [0.5, 0.6) is 0 Å². The average Bonchev–Trinajstić information content (AvgIpc) is 2.73. The maximum atomic E-state index is 13.2. The predicted molar refractivity (Wildman–Crippen MR) is 111 cm³/mol. The highest BCUT2D eigenvalue weighted by Crippen LogP contribution is 2.32. The predicted octanol–water partition coefficient (Wildman–Crippen LogP) is 3.61. The van der Waals surface area contributed by atoms with Crippen LogP contribution in [0.25, 0.3) is 0 Å². The summed E-state index contributed by atoms with van der Waals surface area (Å²) >= 11 is 0. The fraction of sp³-hybridized carbons (Fsp3) is 0.333. The fourth-order valence-electron chi connectivity index (χ4n) is 3.53. The maximum Gasteiger partial charge on any atom is 0.335 e. The number of rotatable bonds is 6. The van der Waals surface area contributed by atoms with E-state index in [0.717, 1.165) is 38.0 Å². The molecular formula is C21H23N3O4S.